The van der Waals surface area contributed by atoms with E-state index in [2.05, 4.69) is 29.6 Å². The van der Waals surface area contributed by atoms with E-state index in [0.29, 0.717) is 11.6 Å². The second kappa shape index (κ2) is 6.25. The standard InChI is InChI=1S/C18H19F2N/c19-15-8-11-18(17(20)12-15)21-16-9-6-14(7-10-16)13-4-2-1-3-5-13/h1-5,8,11-12,14,16,21H,6-7,9-10H2. The van der Waals surface area contributed by atoms with Crippen LogP contribution in [-0.2, 0) is 0 Å². The van der Waals surface area contributed by atoms with E-state index < -0.39 is 11.6 Å². The number of anilines is 1. The van der Waals surface area contributed by atoms with Gasteiger partial charge in [-0.15, -0.1) is 0 Å². The van der Waals surface area contributed by atoms with Crippen LogP contribution in [0.25, 0.3) is 0 Å². The molecule has 1 N–H and O–H groups in total. The topological polar surface area (TPSA) is 12.0 Å². The van der Waals surface area contributed by atoms with Crippen molar-refractivity contribution in [1.82, 2.24) is 0 Å². The summed E-state index contributed by atoms with van der Waals surface area (Å²) in [6, 6.07) is 14.5. The van der Waals surface area contributed by atoms with Crippen molar-refractivity contribution < 1.29 is 8.78 Å². The van der Waals surface area contributed by atoms with Crippen LogP contribution in [0.3, 0.4) is 0 Å². The summed E-state index contributed by atoms with van der Waals surface area (Å²) in [6.45, 7) is 0. The summed E-state index contributed by atoms with van der Waals surface area (Å²) in [6.07, 6.45) is 4.22. The summed E-state index contributed by atoms with van der Waals surface area (Å²) in [5.41, 5.74) is 1.79. The summed E-state index contributed by atoms with van der Waals surface area (Å²) >= 11 is 0. The van der Waals surface area contributed by atoms with Gasteiger partial charge in [0.15, 0.2) is 0 Å². The van der Waals surface area contributed by atoms with Crippen LogP contribution in [0.4, 0.5) is 14.5 Å². The third-order valence-electron chi connectivity index (χ3n) is 4.29. The van der Waals surface area contributed by atoms with Gasteiger partial charge in [-0.2, -0.15) is 0 Å². The molecule has 2 aromatic rings. The molecule has 0 amide bonds. The van der Waals surface area contributed by atoms with Gasteiger partial charge in [0.1, 0.15) is 11.6 Å². The van der Waals surface area contributed by atoms with Gasteiger partial charge in [0.2, 0.25) is 0 Å². The first kappa shape index (κ1) is 14.1. The third kappa shape index (κ3) is 3.41. The second-order valence-corrected chi connectivity index (χ2v) is 5.73. The fourth-order valence-corrected chi connectivity index (χ4v) is 3.12. The Morgan fingerprint density at radius 2 is 1.57 bits per heavy atom. The quantitative estimate of drug-likeness (QED) is 0.827. The molecule has 0 heterocycles. The molecule has 2 aromatic carbocycles. The van der Waals surface area contributed by atoms with E-state index in [1.807, 2.05) is 6.07 Å². The van der Waals surface area contributed by atoms with E-state index in [1.165, 1.54) is 17.7 Å². The molecule has 1 fully saturated rings. The Kier molecular flexibility index (Phi) is 4.18. The maximum absolute atomic E-state index is 13.6. The molecule has 1 nitrogen and oxygen atoms in total. The average Bonchev–Trinajstić information content (AvgIpc) is 2.52. The van der Waals surface area contributed by atoms with Crippen LogP contribution in [0.1, 0.15) is 37.2 Å². The van der Waals surface area contributed by atoms with Crippen LogP contribution in [0.15, 0.2) is 48.5 Å². The van der Waals surface area contributed by atoms with E-state index in [9.17, 15) is 8.78 Å². The lowest BCUT2D eigenvalue weighted by atomic mass is 9.82. The molecule has 0 bridgehead atoms. The number of hydrogen-bond donors (Lipinski definition) is 1. The predicted molar refractivity (Wildman–Crippen MR) is 81.4 cm³/mol. The average molecular weight is 287 g/mol. The van der Waals surface area contributed by atoms with Gasteiger partial charge in [-0.05, 0) is 49.3 Å². The summed E-state index contributed by atoms with van der Waals surface area (Å²) < 4.78 is 26.5. The highest BCUT2D eigenvalue weighted by molar-refractivity contribution is 5.45. The molecule has 0 radical (unpaired) electrons. The Morgan fingerprint density at radius 1 is 0.857 bits per heavy atom. The Balaban J connectivity index is 1.59. The third-order valence-corrected chi connectivity index (χ3v) is 4.29. The van der Waals surface area contributed by atoms with E-state index in [4.69, 9.17) is 0 Å². The molecular formula is C18H19F2N. The number of nitrogens with one attached hydrogen (secondary N) is 1. The van der Waals surface area contributed by atoms with Crippen LogP contribution in [0.5, 0.6) is 0 Å². The Hall–Kier alpha value is -1.90. The molecule has 1 aliphatic rings. The van der Waals surface area contributed by atoms with Crippen LogP contribution in [0, 0.1) is 11.6 Å². The van der Waals surface area contributed by atoms with Gasteiger partial charge in [0, 0.05) is 12.1 Å². The molecule has 110 valence electrons. The first-order valence-electron chi connectivity index (χ1n) is 7.49. The molecule has 0 unspecified atom stereocenters. The first-order chi connectivity index (χ1) is 10.2. The molecule has 0 spiro atoms. The normalized spacial score (nSPS) is 22.0. The van der Waals surface area contributed by atoms with Crippen molar-refractivity contribution in [2.24, 2.45) is 0 Å². The molecule has 0 atom stereocenters. The van der Waals surface area contributed by atoms with Crippen molar-refractivity contribution in [3.05, 3.63) is 65.7 Å². The number of hydrogen-bond acceptors (Lipinski definition) is 1. The van der Waals surface area contributed by atoms with Crippen molar-refractivity contribution in [3.63, 3.8) is 0 Å². The van der Waals surface area contributed by atoms with Crippen molar-refractivity contribution >= 4 is 5.69 Å². The number of rotatable bonds is 3. The number of benzene rings is 2. The first-order valence-corrected chi connectivity index (χ1v) is 7.49. The lowest BCUT2D eigenvalue weighted by molar-refractivity contribution is 0.411. The Labute approximate surface area is 124 Å². The molecule has 1 saturated carbocycles. The van der Waals surface area contributed by atoms with Crippen molar-refractivity contribution in [1.29, 1.82) is 0 Å². The smallest absolute Gasteiger partial charge is 0.149 e. The molecule has 3 rings (SSSR count). The summed E-state index contributed by atoms with van der Waals surface area (Å²) in [5, 5.41) is 3.21. The van der Waals surface area contributed by atoms with E-state index in [-0.39, 0.29) is 6.04 Å². The summed E-state index contributed by atoms with van der Waals surface area (Å²) in [4.78, 5) is 0. The van der Waals surface area contributed by atoms with Crippen molar-refractivity contribution in [3.8, 4) is 0 Å². The molecule has 0 saturated heterocycles. The van der Waals surface area contributed by atoms with E-state index >= 15 is 0 Å². The summed E-state index contributed by atoms with van der Waals surface area (Å²) in [7, 11) is 0. The van der Waals surface area contributed by atoms with Crippen molar-refractivity contribution in [2.45, 2.75) is 37.6 Å². The van der Waals surface area contributed by atoms with Gasteiger partial charge in [-0.25, -0.2) is 8.78 Å². The maximum atomic E-state index is 13.6. The summed E-state index contributed by atoms with van der Waals surface area (Å²) in [5.74, 6) is -0.451. The highest BCUT2D eigenvalue weighted by atomic mass is 19.1. The largest absolute Gasteiger partial charge is 0.380 e. The molecule has 21 heavy (non-hydrogen) atoms. The van der Waals surface area contributed by atoms with Crippen molar-refractivity contribution in [2.75, 3.05) is 5.32 Å². The van der Waals surface area contributed by atoms with Crippen LogP contribution < -0.4 is 5.32 Å². The maximum Gasteiger partial charge on any atom is 0.149 e. The van der Waals surface area contributed by atoms with Gasteiger partial charge in [-0.1, -0.05) is 30.3 Å². The van der Waals surface area contributed by atoms with Gasteiger partial charge in [0.05, 0.1) is 5.69 Å². The predicted octanol–water partition coefficient (Wildman–Crippen LogP) is 5.10. The highest BCUT2D eigenvalue weighted by Gasteiger charge is 2.22. The van der Waals surface area contributed by atoms with Crippen LogP contribution in [-0.4, -0.2) is 6.04 Å². The second-order valence-electron chi connectivity index (χ2n) is 5.73. The molecule has 0 aromatic heterocycles. The Bertz CT molecular complexity index is 589. The van der Waals surface area contributed by atoms with Gasteiger partial charge < -0.3 is 5.32 Å². The highest BCUT2D eigenvalue weighted by Crippen LogP contribution is 2.34. The minimum absolute atomic E-state index is 0.268. The van der Waals surface area contributed by atoms with Crippen LogP contribution in [0.2, 0.25) is 0 Å². The molecular weight excluding hydrogens is 268 g/mol. The van der Waals surface area contributed by atoms with Gasteiger partial charge in [-0.3, -0.25) is 0 Å². The van der Waals surface area contributed by atoms with E-state index in [1.54, 1.807) is 0 Å². The number of halogens is 2. The Morgan fingerprint density at radius 3 is 2.24 bits per heavy atom. The van der Waals surface area contributed by atoms with Crippen LogP contribution >= 0.6 is 0 Å². The molecule has 3 heteroatoms. The lowest BCUT2D eigenvalue weighted by Crippen LogP contribution is -2.25. The SMILES string of the molecule is Fc1ccc(NC2CCC(c3ccccc3)CC2)c(F)c1. The minimum Gasteiger partial charge on any atom is -0.380 e. The lowest BCUT2D eigenvalue weighted by Gasteiger charge is -2.30. The zero-order valence-corrected chi connectivity index (χ0v) is 11.9. The fraction of sp³-hybridized carbons (Fsp3) is 0.333. The molecule has 0 aliphatic heterocycles. The molecule has 1 aliphatic carbocycles. The zero-order chi connectivity index (χ0) is 14.7. The van der Waals surface area contributed by atoms with E-state index in [0.717, 1.165) is 31.7 Å². The minimum atomic E-state index is -0.536. The van der Waals surface area contributed by atoms with Gasteiger partial charge in [0.25, 0.3) is 0 Å². The monoisotopic (exact) mass is 287 g/mol. The van der Waals surface area contributed by atoms with Gasteiger partial charge >= 0.3 is 0 Å². The fourth-order valence-electron chi connectivity index (χ4n) is 3.12. The zero-order valence-electron chi connectivity index (χ0n) is 11.9.